The number of rotatable bonds is 0. The molecule has 0 amide bonds. The molecule has 6 aromatic rings. The summed E-state index contributed by atoms with van der Waals surface area (Å²) in [6.07, 6.45) is 0. The summed E-state index contributed by atoms with van der Waals surface area (Å²) < 4.78 is 33.3. The van der Waals surface area contributed by atoms with Gasteiger partial charge in [-0.1, -0.05) is 42.5 Å². The predicted molar refractivity (Wildman–Crippen MR) is 148 cm³/mol. The highest BCUT2D eigenvalue weighted by Crippen LogP contribution is 2.64. The first-order chi connectivity index (χ1) is 17.1. The molecule has 0 atom stereocenters. The second-order valence-corrected chi connectivity index (χ2v) is 11.6. The molecule has 0 unspecified atom stereocenters. The van der Waals surface area contributed by atoms with Crippen LogP contribution in [0.1, 0.15) is 22.3 Å². The van der Waals surface area contributed by atoms with Crippen LogP contribution in [-0.2, 0) is 5.41 Å². The van der Waals surface area contributed by atoms with Crippen molar-refractivity contribution >= 4 is 54.1 Å². The van der Waals surface area contributed by atoms with E-state index in [1.54, 1.807) is 23.5 Å². The Morgan fingerprint density at radius 1 is 0.600 bits per heavy atom. The molecule has 0 saturated heterocycles. The zero-order valence-electron chi connectivity index (χ0n) is 18.2. The van der Waals surface area contributed by atoms with Gasteiger partial charge < -0.3 is 0 Å². The Labute approximate surface area is 218 Å². The summed E-state index contributed by atoms with van der Waals surface area (Å²) in [7, 11) is 0. The lowest BCUT2D eigenvalue weighted by Crippen LogP contribution is -2.26. The SMILES string of the molecule is Fc1ccc2c(c1)C1(c3cc(F)ccc3-2)c2cc(I)ccc2-c2c1ccc1sc3ccccc3c21. The Morgan fingerprint density at radius 3 is 2.00 bits per heavy atom. The third-order valence-electron chi connectivity index (χ3n) is 7.66. The van der Waals surface area contributed by atoms with Crippen molar-refractivity contribution in [1.29, 1.82) is 0 Å². The quantitative estimate of drug-likeness (QED) is 0.156. The zero-order chi connectivity index (χ0) is 23.5. The monoisotopic (exact) mass is 584 g/mol. The van der Waals surface area contributed by atoms with Gasteiger partial charge in [0, 0.05) is 23.7 Å². The molecule has 5 aromatic carbocycles. The number of hydrogen-bond donors (Lipinski definition) is 0. The average molecular weight is 584 g/mol. The Kier molecular flexibility index (Phi) is 3.90. The van der Waals surface area contributed by atoms with Crippen molar-refractivity contribution in [1.82, 2.24) is 0 Å². The summed E-state index contributed by atoms with van der Waals surface area (Å²) in [6.45, 7) is 0. The summed E-state index contributed by atoms with van der Waals surface area (Å²) in [5.74, 6) is -0.557. The van der Waals surface area contributed by atoms with E-state index in [1.807, 2.05) is 12.1 Å². The fourth-order valence-corrected chi connectivity index (χ4v) is 8.05. The standard InChI is InChI=1S/C31H15F2IS/c32-16-5-8-19-20-9-6-17(33)14-25(20)31(24(19)13-16)23-11-12-28-30(22-3-1-2-4-27(22)35-28)29(23)21-10-7-18(34)15-26(21)31/h1-15H. The van der Waals surface area contributed by atoms with E-state index in [1.165, 1.54) is 37.9 Å². The Bertz CT molecular complexity index is 1850. The van der Waals surface area contributed by atoms with Gasteiger partial charge in [0.15, 0.2) is 0 Å². The van der Waals surface area contributed by atoms with E-state index in [0.29, 0.717) is 0 Å². The van der Waals surface area contributed by atoms with Crippen molar-refractivity contribution in [3.63, 3.8) is 0 Å². The highest BCUT2D eigenvalue weighted by Gasteiger charge is 2.52. The predicted octanol–water partition coefficient (Wildman–Crippen LogP) is 9.28. The highest BCUT2D eigenvalue weighted by molar-refractivity contribution is 14.1. The van der Waals surface area contributed by atoms with E-state index in [2.05, 4.69) is 77.2 Å². The van der Waals surface area contributed by atoms with Gasteiger partial charge in [0.25, 0.3) is 0 Å². The van der Waals surface area contributed by atoms with Gasteiger partial charge in [-0.25, -0.2) is 8.78 Å². The molecule has 1 aromatic heterocycles. The van der Waals surface area contributed by atoms with Crippen LogP contribution in [0, 0.1) is 15.2 Å². The lowest BCUT2D eigenvalue weighted by molar-refractivity contribution is 0.618. The van der Waals surface area contributed by atoms with Crippen LogP contribution < -0.4 is 0 Å². The van der Waals surface area contributed by atoms with Crippen LogP contribution in [0.2, 0.25) is 0 Å². The molecule has 0 aliphatic heterocycles. The van der Waals surface area contributed by atoms with Crippen LogP contribution in [-0.4, -0.2) is 0 Å². The third-order valence-corrected chi connectivity index (χ3v) is 9.47. The number of halogens is 3. The van der Waals surface area contributed by atoms with Crippen molar-refractivity contribution in [2.75, 3.05) is 0 Å². The molecular weight excluding hydrogens is 569 g/mol. The fourth-order valence-electron chi connectivity index (χ4n) is 6.45. The lowest BCUT2D eigenvalue weighted by atomic mass is 9.70. The molecule has 0 bridgehead atoms. The second kappa shape index (κ2) is 6.77. The van der Waals surface area contributed by atoms with E-state index >= 15 is 0 Å². The van der Waals surface area contributed by atoms with Gasteiger partial charge in [-0.3, -0.25) is 0 Å². The first-order valence-corrected chi connectivity index (χ1v) is 13.3. The largest absolute Gasteiger partial charge is 0.207 e. The van der Waals surface area contributed by atoms with E-state index in [4.69, 9.17) is 0 Å². The average Bonchev–Trinajstić information content (AvgIpc) is 3.46. The Morgan fingerprint density at radius 2 is 1.26 bits per heavy atom. The molecule has 8 rings (SSSR count). The van der Waals surface area contributed by atoms with Crippen molar-refractivity contribution in [2.24, 2.45) is 0 Å². The molecule has 0 fully saturated rings. The molecule has 4 heteroatoms. The van der Waals surface area contributed by atoms with Gasteiger partial charge in [0.2, 0.25) is 0 Å². The number of benzene rings is 5. The summed E-state index contributed by atoms with van der Waals surface area (Å²) in [4.78, 5) is 0. The highest BCUT2D eigenvalue weighted by atomic mass is 127. The van der Waals surface area contributed by atoms with E-state index in [9.17, 15) is 8.78 Å². The van der Waals surface area contributed by atoms with Gasteiger partial charge >= 0.3 is 0 Å². The normalized spacial score (nSPS) is 14.4. The Hall–Kier alpha value is -3.09. The first-order valence-electron chi connectivity index (χ1n) is 11.4. The Balaban J connectivity index is 1.65. The number of fused-ring (bicyclic) bond motifs is 14. The van der Waals surface area contributed by atoms with Crippen LogP contribution in [0.15, 0.2) is 91.0 Å². The minimum atomic E-state index is -0.766. The summed E-state index contributed by atoms with van der Waals surface area (Å²) in [5.41, 5.74) is 7.46. The topological polar surface area (TPSA) is 0 Å². The molecule has 1 spiro atoms. The molecule has 0 saturated carbocycles. The zero-order valence-corrected chi connectivity index (χ0v) is 21.2. The van der Waals surface area contributed by atoms with Crippen LogP contribution in [0.3, 0.4) is 0 Å². The van der Waals surface area contributed by atoms with Gasteiger partial charge in [-0.2, -0.15) is 0 Å². The molecule has 0 N–H and O–H groups in total. The molecule has 2 aliphatic carbocycles. The molecule has 2 aliphatic rings. The van der Waals surface area contributed by atoms with Crippen LogP contribution in [0.4, 0.5) is 8.78 Å². The second-order valence-electron chi connectivity index (χ2n) is 9.28. The smallest absolute Gasteiger partial charge is 0.123 e. The summed E-state index contributed by atoms with van der Waals surface area (Å²) in [5, 5.41) is 2.45. The number of thiophene rings is 1. The van der Waals surface area contributed by atoms with E-state index < -0.39 is 5.41 Å². The number of hydrogen-bond acceptors (Lipinski definition) is 1. The van der Waals surface area contributed by atoms with Crippen molar-refractivity contribution in [3.05, 3.63) is 128 Å². The maximum absolute atomic E-state index is 14.9. The summed E-state index contributed by atoms with van der Waals surface area (Å²) in [6, 6.07) is 29.4. The fraction of sp³-hybridized carbons (Fsp3) is 0.0323. The van der Waals surface area contributed by atoms with Crippen LogP contribution in [0.25, 0.3) is 42.4 Å². The van der Waals surface area contributed by atoms with Crippen LogP contribution in [0.5, 0.6) is 0 Å². The first kappa shape index (κ1) is 20.1. The summed E-state index contributed by atoms with van der Waals surface area (Å²) >= 11 is 4.13. The molecule has 0 nitrogen and oxygen atoms in total. The van der Waals surface area contributed by atoms with Crippen molar-refractivity contribution in [3.8, 4) is 22.3 Å². The molecular formula is C31H15F2IS. The molecule has 166 valence electrons. The molecule has 0 radical (unpaired) electrons. The van der Waals surface area contributed by atoms with Gasteiger partial charge in [-0.15, -0.1) is 11.3 Å². The maximum atomic E-state index is 14.9. The van der Waals surface area contributed by atoms with E-state index in [-0.39, 0.29) is 11.6 Å². The maximum Gasteiger partial charge on any atom is 0.123 e. The van der Waals surface area contributed by atoms with Crippen molar-refractivity contribution < 1.29 is 8.78 Å². The van der Waals surface area contributed by atoms with E-state index in [0.717, 1.165) is 42.5 Å². The van der Waals surface area contributed by atoms with Crippen LogP contribution >= 0.6 is 33.9 Å². The van der Waals surface area contributed by atoms with Gasteiger partial charge in [-0.05, 0) is 116 Å². The third kappa shape index (κ3) is 2.39. The minimum absolute atomic E-state index is 0.279. The van der Waals surface area contributed by atoms with Gasteiger partial charge in [0.05, 0.1) is 5.41 Å². The van der Waals surface area contributed by atoms with Gasteiger partial charge in [0.1, 0.15) is 11.6 Å². The molecule has 35 heavy (non-hydrogen) atoms. The minimum Gasteiger partial charge on any atom is -0.207 e. The van der Waals surface area contributed by atoms with Crippen molar-refractivity contribution in [2.45, 2.75) is 5.41 Å². The molecule has 1 heterocycles. The lowest BCUT2D eigenvalue weighted by Gasteiger charge is -2.30.